The number of rotatable bonds is 8. The topological polar surface area (TPSA) is 32.8 Å². The zero-order chi connectivity index (χ0) is 14.1. The molecule has 0 unspecified atom stereocenters. The first-order valence-corrected chi connectivity index (χ1v) is 6.97. The van der Waals surface area contributed by atoms with Crippen LogP contribution in [0.4, 0.5) is 4.79 Å². The minimum atomic E-state index is -0.214. The van der Waals surface area contributed by atoms with Gasteiger partial charge in [0, 0.05) is 26.7 Å². The fraction of sp³-hybridized carbons (Fsp3) is 0.929. The lowest BCUT2D eigenvalue weighted by atomic mass is 10.2. The van der Waals surface area contributed by atoms with E-state index in [1.807, 2.05) is 6.92 Å². The van der Waals surface area contributed by atoms with E-state index in [0.29, 0.717) is 5.92 Å². The van der Waals surface area contributed by atoms with Gasteiger partial charge in [0.1, 0.15) is 6.10 Å². The van der Waals surface area contributed by atoms with Crippen LogP contribution in [0.1, 0.15) is 40.5 Å². The fourth-order valence-electron chi connectivity index (χ4n) is 1.92. The van der Waals surface area contributed by atoms with Crippen molar-refractivity contribution in [1.82, 2.24) is 9.80 Å². The first kappa shape index (κ1) is 17.2. The van der Waals surface area contributed by atoms with Crippen molar-refractivity contribution in [2.24, 2.45) is 5.92 Å². The summed E-state index contributed by atoms with van der Waals surface area (Å²) in [6.07, 6.45) is 1.83. The van der Waals surface area contributed by atoms with Crippen molar-refractivity contribution in [3.63, 3.8) is 0 Å². The number of likely N-dealkylation sites (N-methyl/N-ethyl adjacent to an activating group) is 1. The average Bonchev–Trinajstić information content (AvgIpc) is 2.23. The van der Waals surface area contributed by atoms with E-state index in [2.05, 4.69) is 32.7 Å². The van der Waals surface area contributed by atoms with Crippen molar-refractivity contribution in [3.05, 3.63) is 0 Å². The molecule has 0 radical (unpaired) electrons. The minimum absolute atomic E-state index is 0.0645. The summed E-state index contributed by atoms with van der Waals surface area (Å²) in [5.41, 5.74) is 0. The Morgan fingerprint density at radius 2 is 1.78 bits per heavy atom. The summed E-state index contributed by atoms with van der Waals surface area (Å²) < 4.78 is 5.41. The lowest BCUT2D eigenvalue weighted by Gasteiger charge is -2.25. The van der Waals surface area contributed by atoms with E-state index in [4.69, 9.17) is 4.74 Å². The molecule has 0 saturated carbocycles. The van der Waals surface area contributed by atoms with Crippen molar-refractivity contribution < 1.29 is 9.53 Å². The van der Waals surface area contributed by atoms with E-state index >= 15 is 0 Å². The standard InChI is InChI=1S/C14H30N2O2/c1-7-8-9-16(6)14(17)18-13(4)11-15(5)10-12(2)3/h12-13H,7-11H2,1-6H3/t13-/m0/s1. The van der Waals surface area contributed by atoms with Crippen LogP contribution in [0.3, 0.4) is 0 Å². The van der Waals surface area contributed by atoms with Crippen LogP contribution in [0.25, 0.3) is 0 Å². The van der Waals surface area contributed by atoms with Gasteiger partial charge in [-0.05, 0) is 26.3 Å². The Balaban J connectivity index is 3.92. The van der Waals surface area contributed by atoms with Crippen molar-refractivity contribution in [2.75, 3.05) is 33.7 Å². The SMILES string of the molecule is CCCCN(C)C(=O)O[C@@H](C)CN(C)CC(C)C. The van der Waals surface area contributed by atoms with Crippen LogP contribution < -0.4 is 0 Å². The van der Waals surface area contributed by atoms with Crippen LogP contribution in [-0.2, 0) is 4.74 Å². The van der Waals surface area contributed by atoms with Crippen LogP contribution >= 0.6 is 0 Å². The van der Waals surface area contributed by atoms with Gasteiger partial charge in [0.15, 0.2) is 0 Å². The zero-order valence-corrected chi connectivity index (χ0v) is 12.9. The molecule has 0 aliphatic heterocycles. The minimum Gasteiger partial charge on any atom is -0.445 e. The lowest BCUT2D eigenvalue weighted by Crippen LogP contribution is -2.37. The molecule has 0 N–H and O–H groups in total. The van der Waals surface area contributed by atoms with Crippen molar-refractivity contribution in [1.29, 1.82) is 0 Å². The molecule has 0 bridgehead atoms. The second kappa shape index (κ2) is 9.20. The van der Waals surface area contributed by atoms with Gasteiger partial charge in [-0.25, -0.2) is 4.79 Å². The molecule has 0 fully saturated rings. The molecule has 0 spiro atoms. The monoisotopic (exact) mass is 258 g/mol. The number of hydrogen-bond acceptors (Lipinski definition) is 3. The molecular weight excluding hydrogens is 228 g/mol. The van der Waals surface area contributed by atoms with E-state index in [1.165, 1.54) is 0 Å². The summed E-state index contributed by atoms with van der Waals surface area (Å²) in [6.45, 7) is 11.0. The van der Waals surface area contributed by atoms with Crippen molar-refractivity contribution in [3.8, 4) is 0 Å². The maximum Gasteiger partial charge on any atom is 0.409 e. The average molecular weight is 258 g/mol. The molecule has 4 heteroatoms. The van der Waals surface area contributed by atoms with Gasteiger partial charge in [0.05, 0.1) is 0 Å². The van der Waals surface area contributed by atoms with Crippen molar-refractivity contribution in [2.45, 2.75) is 46.6 Å². The Labute approximate surface area is 112 Å². The number of amides is 1. The molecule has 1 atom stereocenters. The number of hydrogen-bond donors (Lipinski definition) is 0. The third kappa shape index (κ3) is 8.34. The molecule has 0 heterocycles. The van der Waals surface area contributed by atoms with Gasteiger partial charge in [-0.15, -0.1) is 0 Å². The smallest absolute Gasteiger partial charge is 0.409 e. The number of ether oxygens (including phenoxy) is 1. The molecule has 0 aromatic carbocycles. The van der Waals surface area contributed by atoms with Gasteiger partial charge in [-0.1, -0.05) is 27.2 Å². The maximum atomic E-state index is 11.7. The molecular formula is C14H30N2O2. The van der Waals surface area contributed by atoms with Crippen LogP contribution in [-0.4, -0.2) is 55.7 Å². The van der Waals surface area contributed by atoms with Gasteiger partial charge in [-0.2, -0.15) is 0 Å². The molecule has 0 rings (SSSR count). The summed E-state index contributed by atoms with van der Waals surface area (Å²) in [6, 6.07) is 0. The molecule has 18 heavy (non-hydrogen) atoms. The Bertz CT molecular complexity index is 232. The Morgan fingerprint density at radius 1 is 1.17 bits per heavy atom. The van der Waals surface area contributed by atoms with Crippen LogP contribution in [0, 0.1) is 5.92 Å². The molecule has 4 nitrogen and oxygen atoms in total. The second-order valence-corrected chi connectivity index (χ2v) is 5.58. The Kier molecular flexibility index (Phi) is 8.81. The van der Waals surface area contributed by atoms with Gasteiger partial charge in [-0.3, -0.25) is 0 Å². The van der Waals surface area contributed by atoms with E-state index in [9.17, 15) is 4.79 Å². The normalized spacial score (nSPS) is 12.9. The third-order valence-corrected chi connectivity index (χ3v) is 2.71. The number of unbranched alkanes of at least 4 members (excludes halogenated alkanes) is 1. The molecule has 0 aliphatic carbocycles. The van der Waals surface area contributed by atoms with Gasteiger partial charge < -0.3 is 14.5 Å². The number of carbonyl (C=O) groups is 1. The van der Waals surface area contributed by atoms with E-state index in [-0.39, 0.29) is 12.2 Å². The highest BCUT2D eigenvalue weighted by Crippen LogP contribution is 2.03. The van der Waals surface area contributed by atoms with E-state index in [0.717, 1.165) is 32.5 Å². The predicted molar refractivity (Wildman–Crippen MR) is 75.8 cm³/mol. The highest BCUT2D eigenvalue weighted by Gasteiger charge is 2.15. The second-order valence-electron chi connectivity index (χ2n) is 5.58. The van der Waals surface area contributed by atoms with Gasteiger partial charge in [0.2, 0.25) is 0 Å². The third-order valence-electron chi connectivity index (χ3n) is 2.71. The molecule has 108 valence electrons. The molecule has 0 aliphatic rings. The Morgan fingerprint density at radius 3 is 2.28 bits per heavy atom. The zero-order valence-electron chi connectivity index (χ0n) is 12.9. The summed E-state index contributed by atoms with van der Waals surface area (Å²) in [5.74, 6) is 0.630. The Hall–Kier alpha value is -0.770. The van der Waals surface area contributed by atoms with Crippen LogP contribution in [0.2, 0.25) is 0 Å². The van der Waals surface area contributed by atoms with Gasteiger partial charge in [0.25, 0.3) is 0 Å². The van der Waals surface area contributed by atoms with Crippen LogP contribution in [0.5, 0.6) is 0 Å². The summed E-state index contributed by atoms with van der Waals surface area (Å²) in [4.78, 5) is 15.6. The largest absolute Gasteiger partial charge is 0.445 e. The van der Waals surface area contributed by atoms with Crippen molar-refractivity contribution >= 4 is 6.09 Å². The molecule has 0 aromatic heterocycles. The van der Waals surface area contributed by atoms with E-state index < -0.39 is 0 Å². The molecule has 0 aromatic rings. The molecule has 1 amide bonds. The number of carbonyl (C=O) groups excluding carboxylic acids is 1. The van der Waals surface area contributed by atoms with E-state index in [1.54, 1.807) is 11.9 Å². The predicted octanol–water partition coefficient (Wildman–Crippen LogP) is 2.83. The maximum absolute atomic E-state index is 11.7. The lowest BCUT2D eigenvalue weighted by molar-refractivity contribution is 0.0593. The first-order chi connectivity index (χ1) is 8.36. The fourth-order valence-corrected chi connectivity index (χ4v) is 1.92. The van der Waals surface area contributed by atoms with Crippen LogP contribution in [0.15, 0.2) is 0 Å². The van der Waals surface area contributed by atoms with Gasteiger partial charge >= 0.3 is 6.09 Å². The number of nitrogens with zero attached hydrogens (tertiary/aromatic N) is 2. The summed E-state index contributed by atoms with van der Waals surface area (Å²) in [7, 11) is 3.85. The first-order valence-electron chi connectivity index (χ1n) is 6.97. The highest BCUT2D eigenvalue weighted by atomic mass is 16.6. The highest BCUT2D eigenvalue weighted by molar-refractivity contribution is 5.67. The quantitative estimate of drug-likeness (QED) is 0.671. The summed E-state index contributed by atoms with van der Waals surface area (Å²) >= 11 is 0. The molecule has 0 saturated heterocycles. The summed E-state index contributed by atoms with van der Waals surface area (Å²) in [5, 5.41) is 0.